The van der Waals surface area contributed by atoms with Crippen molar-refractivity contribution in [1.82, 2.24) is 14.5 Å². The number of hydrogen-bond donors (Lipinski definition) is 1. The van der Waals surface area contributed by atoms with Crippen LogP contribution in [0.1, 0.15) is 90.1 Å². The summed E-state index contributed by atoms with van der Waals surface area (Å²) < 4.78 is 2.29. The molecule has 0 atom stereocenters. The van der Waals surface area contributed by atoms with Crippen molar-refractivity contribution in [3.63, 3.8) is 0 Å². The second-order valence-corrected chi connectivity index (χ2v) is 19.6. The first kappa shape index (κ1) is 40.5. The van der Waals surface area contributed by atoms with Gasteiger partial charge in [-0.2, -0.15) is 0 Å². The van der Waals surface area contributed by atoms with Crippen molar-refractivity contribution in [2.45, 2.75) is 92.4 Å². The third kappa shape index (κ3) is 7.79. The molecule has 8 rings (SSSR count). The first-order chi connectivity index (χ1) is 28.4. The smallest absolute Gasteiger partial charge is 0.149 e. The van der Waals surface area contributed by atoms with E-state index < -0.39 is 0 Å². The second kappa shape index (κ2) is 15.1. The van der Waals surface area contributed by atoms with Gasteiger partial charge in [0.15, 0.2) is 0 Å². The minimum atomic E-state index is -0.129. The zero-order valence-electron chi connectivity index (χ0n) is 37.1. The van der Waals surface area contributed by atoms with Crippen LogP contribution < -0.4 is 0 Å². The van der Waals surface area contributed by atoms with Gasteiger partial charge in [-0.25, -0.2) is 4.98 Å². The summed E-state index contributed by atoms with van der Waals surface area (Å²) >= 11 is 0. The number of aromatic nitrogens is 3. The Morgan fingerprint density at radius 3 is 1.83 bits per heavy atom. The molecule has 6 aromatic carbocycles. The van der Waals surface area contributed by atoms with E-state index in [1.54, 1.807) is 0 Å². The summed E-state index contributed by atoms with van der Waals surface area (Å²) in [6.45, 7) is 24.4. The van der Waals surface area contributed by atoms with Crippen molar-refractivity contribution in [2.75, 3.05) is 0 Å². The maximum Gasteiger partial charge on any atom is 0.149 e. The minimum absolute atomic E-state index is 0.0348. The third-order valence-corrected chi connectivity index (χ3v) is 11.8. The van der Waals surface area contributed by atoms with Crippen LogP contribution in [0.3, 0.4) is 0 Å². The maximum atomic E-state index is 11.9. The number of benzene rings is 6. The number of fused-ring (bicyclic) bond motifs is 1. The third-order valence-electron chi connectivity index (χ3n) is 11.8. The van der Waals surface area contributed by atoms with Crippen LogP contribution in [0.2, 0.25) is 0 Å². The molecule has 0 aliphatic heterocycles. The van der Waals surface area contributed by atoms with Gasteiger partial charge in [0.25, 0.3) is 0 Å². The molecule has 0 amide bonds. The molecule has 2 aromatic heterocycles. The molecule has 0 unspecified atom stereocenters. The average molecular weight is 788 g/mol. The van der Waals surface area contributed by atoms with Crippen molar-refractivity contribution in [3.8, 4) is 67.5 Å². The minimum Gasteiger partial charge on any atom is -0.507 e. The number of phenolic OH excluding ortho intramolecular Hbond substituents is 1. The maximum absolute atomic E-state index is 11.9. The molecular formula is C56H57N3O. The fraction of sp³-hybridized carbons (Fsp3) is 0.250. The molecule has 0 saturated heterocycles. The van der Waals surface area contributed by atoms with Gasteiger partial charge in [0.05, 0.1) is 28.0 Å². The number of imidazole rings is 1. The van der Waals surface area contributed by atoms with Gasteiger partial charge >= 0.3 is 0 Å². The summed E-state index contributed by atoms with van der Waals surface area (Å²) in [6, 6.07) is 48.0. The van der Waals surface area contributed by atoms with E-state index in [4.69, 9.17) is 9.97 Å². The van der Waals surface area contributed by atoms with E-state index in [0.717, 1.165) is 72.5 Å². The molecule has 1 N–H and O–H groups in total. The first-order valence-corrected chi connectivity index (χ1v) is 21.1. The summed E-state index contributed by atoms with van der Waals surface area (Å²) in [5.41, 5.74) is 17.5. The number of nitrogens with zero attached hydrogens (tertiary/aromatic N) is 3. The lowest BCUT2D eigenvalue weighted by Crippen LogP contribution is -2.13. The van der Waals surface area contributed by atoms with E-state index in [-0.39, 0.29) is 22.0 Å². The largest absolute Gasteiger partial charge is 0.507 e. The highest BCUT2D eigenvalue weighted by Crippen LogP contribution is 2.43. The van der Waals surface area contributed by atoms with Crippen LogP contribution in [-0.2, 0) is 16.2 Å². The van der Waals surface area contributed by atoms with Gasteiger partial charge in [0.1, 0.15) is 11.6 Å². The molecule has 302 valence electrons. The fourth-order valence-electron chi connectivity index (χ4n) is 8.23. The predicted molar refractivity (Wildman–Crippen MR) is 253 cm³/mol. The van der Waals surface area contributed by atoms with Crippen LogP contribution in [0.5, 0.6) is 5.75 Å². The second-order valence-electron chi connectivity index (χ2n) is 19.6. The molecule has 2 heterocycles. The lowest BCUT2D eigenvalue weighted by molar-refractivity contribution is 0.472. The van der Waals surface area contributed by atoms with Crippen molar-refractivity contribution in [2.24, 2.45) is 0 Å². The standard InChI is InChI=1S/C56H57N3O/c1-35-28-36(2)52(60)47(29-35)53-58-51-46(40-30-41(32-44(31-40)56(9,10)11)48-33-39(26-27-57-48)37-16-13-12-14-17-37)18-15-19-49(51)59(53)50-34-43(55(6,7)8)24-25-45(50)38-20-22-42(23-21-38)54(3,4)5/h12-34,60H,1-11H3. The normalized spacial score (nSPS) is 12.3. The summed E-state index contributed by atoms with van der Waals surface area (Å²) in [5, 5.41) is 11.9. The summed E-state index contributed by atoms with van der Waals surface area (Å²) in [7, 11) is 0. The number of hydrogen-bond acceptors (Lipinski definition) is 3. The van der Waals surface area contributed by atoms with Crippen LogP contribution in [0.15, 0.2) is 140 Å². The Balaban J connectivity index is 1.43. The molecule has 0 aliphatic rings. The van der Waals surface area contributed by atoms with Gasteiger partial charge in [-0.3, -0.25) is 9.55 Å². The monoisotopic (exact) mass is 787 g/mol. The molecule has 0 bridgehead atoms. The highest BCUT2D eigenvalue weighted by molar-refractivity contribution is 5.98. The average Bonchev–Trinajstić information content (AvgIpc) is 3.61. The summed E-state index contributed by atoms with van der Waals surface area (Å²) in [5.74, 6) is 0.938. The van der Waals surface area contributed by atoms with Gasteiger partial charge < -0.3 is 5.11 Å². The van der Waals surface area contributed by atoms with Crippen LogP contribution in [0.4, 0.5) is 0 Å². The Morgan fingerprint density at radius 2 is 1.15 bits per heavy atom. The molecule has 0 spiro atoms. The Hall–Kier alpha value is -6.26. The lowest BCUT2D eigenvalue weighted by atomic mass is 9.83. The topological polar surface area (TPSA) is 50.9 Å². The van der Waals surface area contributed by atoms with Crippen molar-refractivity contribution in [3.05, 3.63) is 167 Å². The number of para-hydroxylation sites is 1. The first-order valence-electron chi connectivity index (χ1n) is 21.1. The number of aryl methyl sites for hydroxylation is 2. The zero-order valence-corrected chi connectivity index (χ0v) is 37.1. The Morgan fingerprint density at radius 1 is 0.483 bits per heavy atom. The summed E-state index contributed by atoms with van der Waals surface area (Å²) in [6.07, 6.45) is 1.91. The molecule has 0 saturated carbocycles. The molecule has 60 heavy (non-hydrogen) atoms. The van der Waals surface area contributed by atoms with Gasteiger partial charge in [0.2, 0.25) is 0 Å². The summed E-state index contributed by atoms with van der Waals surface area (Å²) in [4.78, 5) is 10.5. The van der Waals surface area contributed by atoms with Crippen molar-refractivity contribution >= 4 is 11.0 Å². The van der Waals surface area contributed by atoms with Gasteiger partial charge in [-0.05, 0) is 123 Å². The number of phenols is 1. The fourth-order valence-corrected chi connectivity index (χ4v) is 8.23. The van der Waals surface area contributed by atoms with Crippen molar-refractivity contribution in [1.29, 1.82) is 0 Å². The van der Waals surface area contributed by atoms with E-state index in [1.165, 1.54) is 16.7 Å². The molecule has 8 aromatic rings. The number of rotatable bonds is 6. The molecule has 4 nitrogen and oxygen atoms in total. The van der Waals surface area contributed by atoms with Crippen LogP contribution >= 0.6 is 0 Å². The highest BCUT2D eigenvalue weighted by Gasteiger charge is 2.26. The van der Waals surface area contributed by atoms with Gasteiger partial charge in [-0.1, -0.05) is 153 Å². The molecule has 0 fully saturated rings. The lowest BCUT2D eigenvalue weighted by Gasteiger charge is -2.24. The highest BCUT2D eigenvalue weighted by atomic mass is 16.3. The van der Waals surface area contributed by atoms with Crippen LogP contribution in [0.25, 0.3) is 72.7 Å². The van der Waals surface area contributed by atoms with Crippen LogP contribution in [0, 0.1) is 13.8 Å². The van der Waals surface area contributed by atoms with E-state index >= 15 is 0 Å². The van der Waals surface area contributed by atoms with Gasteiger partial charge in [0, 0.05) is 22.9 Å². The van der Waals surface area contributed by atoms with E-state index in [1.807, 2.05) is 25.3 Å². The van der Waals surface area contributed by atoms with Gasteiger partial charge in [-0.15, -0.1) is 0 Å². The number of pyridine rings is 1. The number of aromatic hydroxyl groups is 1. The van der Waals surface area contributed by atoms with Crippen molar-refractivity contribution < 1.29 is 5.11 Å². The predicted octanol–water partition coefficient (Wildman–Crippen LogP) is 15.0. The Kier molecular flexibility index (Phi) is 10.2. The Labute approximate surface area is 356 Å². The quantitative estimate of drug-likeness (QED) is 0.183. The molecule has 0 radical (unpaired) electrons. The Bertz CT molecular complexity index is 2880. The molecular weight excluding hydrogens is 731 g/mol. The van der Waals surface area contributed by atoms with Crippen LogP contribution in [-0.4, -0.2) is 19.6 Å². The van der Waals surface area contributed by atoms with E-state index in [9.17, 15) is 5.11 Å². The zero-order chi connectivity index (χ0) is 42.7. The molecule has 0 aliphatic carbocycles. The van der Waals surface area contributed by atoms with E-state index in [2.05, 4.69) is 195 Å². The molecule has 4 heteroatoms. The SMILES string of the molecule is Cc1cc(C)c(O)c(-c2nc3c(-c4cc(-c5cc(-c6ccccc6)ccn5)cc(C(C)(C)C)c4)cccc3n2-c2cc(C(C)(C)C)ccc2-c2ccc(C(C)(C)C)cc2)c1. The van der Waals surface area contributed by atoms with E-state index in [0.29, 0.717) is 11.4 Å².